The zero-order chi connectivity index (χ0) is 24.9. The van der Waals surface area contributed by atoms with Gasteiger partial charge >= 0.3 is 6.18 Å². The van der Waals surface area contributed by atoms with E-state index in [0.29, 0.717) is 17.7 Å². The van der Waals surface area contributed by atoms with Crippen molar-refractivity contribution in [2.24, 2.45) is 16.6 Å². The van der Waals surface area contributed by atoms with Gasteiger partial charge in [-0.3, -0.25) is 9.59 Å². The van der Waals surface area contributed by atoms with Crippen LogP contribution in [0.2, 0.25) is 0 Å². The highest BCUT2D eigenvalue weighted by Crippen LogP contribution is 2.32. The zero-order valence-corrected chi connectivity index (χ0v) is 19.2. The molecule has 182 valence electrons. The summed E-state index contributed by atoms with van der Waals surface area (Å²) in [6.07, 6.45) is -2.47. The van der Waals surface area contributed by atoms with Crippen molar-refractivity contribution in [1.29, 1.82) is 0 Å². The van der Waals surface area contributed by atoms with E-state index in [0.717, 1.165) is 31.4 Å². The van der Waals surface area contributed by atoms with Crippen LogP contribution in [0.4, 0.5) is 18.9 Å². The molecule has 0 bridgehead atoms. The van der Waals surface area contributed by atoms with E-state index in [2.05, 4.69) is 17.2 Å². The highest BCUT2D eigenvalue weighted by molar-refractivity contribution is 6.20. The fourth-order valence-electron chi connectivity index (χ4n) is 3.94. The second-order valence-electron chi connectivity index (χ2n) is 8.31. The van der Waals surface area contributed by atoms with E-state index in [1.54, 1.807) is 31.3 Å². The van der Waals surface area contributed by atoms with Gasteiger partial charge < -0.3 is 16.0 Å². The summed E-state index contributed by atoms with van der Waals surface area (Å²) in [4.78, 5) is 32.0. The largest absolute Gasteiger partial charge is 0.416 e. The summed E-state index contributed by atoms with van der Waals surface area (Å²) in [7, 11) is 1.55. The highest BCUT2D eigenvalue weighted by Gasteiger charge is 2.34. The Morgan fingerprint density at radius 1 is 1.18 bits per heavy atom. The summed E-state index contributed by atoms with van der Waals surface area (Å²) in [5.41, 5.74) is 6.34. The van der Waals surface area contributed by atoms with Crippen molar-refractivity contribution in [3.8, 4) is 0 Å². The Balaban J connectivity index is 2.03. The lowest BCUT2D eigenvalue weighted by atomic mass is 9.98. The van der Waals surface area contributed by atoms with Gasteiger partial charge in [0.25, 0.3) is 5.91 Å². The second kappa shape index (κ2) is 10.8. The molecule has 3 rings (SSSR count). The summed E-state index contributed by atoms with van der Waals surface area (Å²) in [6, 6.07) is 11.6. The number of carbonyl (C=O) groups is 2. The number of halogens is 3. The third-order valence-electron chi connectivity index (χ3n) is 5.90. The molecule has 0 radical (unpaired) electrons. The maximum absolute atomic E-state index is 13.4. The Hall–Kier alpha value is -3.20. The summed E-state index contributed by atoms with van der Waals surface area (Å²) in [5.74, 6) is -1.38. The van der Waals surface area contributed by atoms with E-state index in [1.165, 1.54) is 17.0 Å². The van der Waals surface area contributed by atoms with Crippen molar-refractivity contribution >= 4 is 23.2 Å². The number of para-hydroxylation sites is 1. The van der Waals surface area contributed by atoms with Crippen LogP contribution < -0.4 is 16.0 Å². The normalized spacial score (nSPS) is 17.0. The molecule has 2 aromatic rings. The van der Waals surface area contributed by atoms with E-state index in [9.17, 15) is 22.8 Å². The molecule has 6 nitrogen and oxygen atoms in total. The van der Waals surface area contributed by atoms with Gasteiger partial charge in [0, 0.05) is 24.7 Å². The standard InChI is InChI=1S/C25H29F3N4O2/c1-3-4-5-9-17(15-29)23(33)31-22-24(34)32(2)20-13-7-6-12-19(20)21(30-22)16-10-8-11-18(14-16)25(26,27)28/h6-8,10-14,17,22H,3-5,9,15,29H2,1-2H3,(H,31,33)/t17-,22?/m0/s1. The molecule has 0 saturated carbocycles. The van der Waals surface area contributed by atoms with Crippen molar-refractivity contribution in [1.82, 2.24) is 5.32 Å². The van der Waals surface area contributed by atoms with Crippen LogP contribution in [0.5, 0.6) is 0 Å². The van der Waals surface area contributed by atoms with E-state index in [4.69, 9.17) is 5.73 Å². The van der Waals surface area contributed by atoms with Crippen LogP contribution >= 0.6 is 0 Å². The number of hydrogen-bond donors (Lipinski definition) is 2. The number of nitrogens with one attached hydrogen (secondary N) is 1. The Kier molecular flexibility index (Phi) is 8.09. The second-order valence-corrected chi connectivity index (χ2v) is 8.31. The minimum Gasteiger partial charge on any atom is -0.330 e. The first-order chi connectivity index (χ1) is 16.2. The van der Waals surface area contributed by atoms with Gasteiger partial charge in [0.05, 0.1) is 22.9 Å². The molecule has 0 fully saturated rings. The van der Waals surface area contributed by atoms with Crippen LogP contribution in [0.1, 0.15) is 49.3 Å². The van der Waals surface area contributed by atoms with Crippen LogP contribution in [-0.2, 0) is 15.8 Å². The lowest BCUT2D eigenvalue weighted by molar-refractivity contribution is -0.137. The number of fused-ring (bicyclic) bond motifs is 1. The number of likely N-dealkylation sites (N-methyl/N-ethyl adjacent to an activating group) is 1. The molecular formula is C25H29F3N4O2. The van der Waals surface area contributed by atoms with Crippen LogP contribution in [0, 0.1) is 5.92 Å². The fourth-order valence-corrected chi connectivity index (χ4v) is 3.94. The molecule has 0 aromatic heterocycles. The zero-order valence-electron chi connectivity index (χ0n) is 19.2. The minimum absolute atomic E-state index is 0.122. The monoisotopic (exact) mass is 474 g/mol. The Bertz CT molecular complexity index is 1070. The van der Waals surface area contributed by atoms with E-state index in [-0.39, 0.29) is 17.8 Å². The van der Waals surface area contributed by atoms with Crippen LogP contribution in [0.25, 0.3) is 0 Å². The predicted molar refractivity (Wildman–Crippen MR) is 126 cm³/mol. The molecule has 0 aliphatic carbocycles. The molecular weight excluding hydrogens is 445 g/mol. The molecule has 1 aliphatic heterocycles. The number of benzodiazepines with no additional fused rings is 1. The highest BCUT2D eigenvalue weighted by atomic mass is 19.4. The van der Waals surface area contributed by atoms with Crippen molar-refractivity contribution in [2.75, 3.05) is 18.5 Å². The van der Waals surface area contributed by atoms with Gasteiger partial charge in [0.1, 0.15) is 0 Å². The van der Waals surface area contributed by atoms with Crippen LogP contribution in [0.3, 0.4) is 0 Å². The van der Waals surface area contributed by atoms with Gasteiger partial charge in [-0.2, -0.15) is 13.2 Å². The molecule has 3 N–H and O–H groups in total. The fraction of sp³-hybridized carbons (Fsp3) is 0.400. The van der Waals surface area contributed by atoms with Crippen molar-refractivity contribution in [3.63, 3.8) is 0 Å². The van der Waals surface area contributed by atoms with Gasteiger partial charge in [0.15, 0.2) is 0 Å². The van der Waals surface area contributed by atoms with E-state index in [1.807, 2.05) is 0 Å². The number of benzene rings is 2. The molecule has 2 atom stereocenters. The van der Waals surface area contributed by atoms with E-state index >= 15 is 0 Å². The lowest BCUT2D eigenvalue weighted by Gasteiger charge is -2.22. The third-order valence-corrected chi connectivity index (χ3v) is 5.90. The number of hydrogen-bond acceptors (Lipinski definition) is 4. The van der Waals surface area contributed by atoms with Crippen molar-refractivity contribution in [2.45, 2.75) is 44.9 Å². The van der Waals surface area contributed by atoms with Gasteiger partial charge in [-0.15, -0.1) is 0 Å². The molecule has 34 heavy (non-hydrogen) atoms. The number of amides is 2. The third kappa shape index (κ3) is 5.64. The molecule has 1 unspecified atom stereocenters. The van der Waals surface area contributed by atoms with Gasteiger partial charge in [-0.1, -0.05) is 56.5 Å². The summed E-state index contributed by atoms with van der Waals surface area (Å²) in [6.45, 7) is 2.18. The van der Waals surface area contributed by atoms with Gasteiger partial charge in [-0.05, 0) is 24.6 Å². The molecule has 9 heteroatoms. The van der Waals surface area contributed by atoms with Crippen LogP contribution in [-0.4, -0.2) is 37.3 Å². The number of carbonyl (C=O) groups excluding carboxylic acids is 2. The molecule has 2 aromatic carbocycles. The SMILES string of the molecule is CCCCC[C@@H](CN)C(=O)NC1N=C(c2cccc(C(F)(F)F)c2)c2ccccc2N(C)C1=O. The summed E-state index contributed by atoms with van der Waals surface area (Å²) < 4.78 is 40.1. The number of rotatable bonds is 8. The number of anilines is 1. The predicted octanol–water partition coefficient (Wildman–Crippen LogP) is 4.12. The number of nitrogens with zero attached hydrogens (tertiary/aromatic N) is 2. The van der Waals surface area contributed by atoms with Gasteiger partial charge in [0.2, 0.25) is 12.1 Å². The number of aliphatic imine (C=N–C) groups is 1. The average Bonchev–Trinajstić information content (AvgIpc) is 2.92. The maximum atomic E-state index is 13.4. The quantitative estimate of drug-likeness (QED) is 0.565. The maximum Gasteiger partial charge on any atom is 0.416 e. The minimum atomic E-state index is -4.53. The van der Waals surface area contributed by atoms with Crippen LogP contribution in [0.15, 0.2) is 53.5 Å². The first-order valence-corrected chi connectivity index (χ1v) is 11.3. The Labute approximate surface area is 197 Å². The molecule has 1 heterocycles. The molecule has 0 spiro atoms. The average molecular weight is 475 g/mol. The first kappa shape index (κ1) is 25.4. The first-order valence-electron chi connectivity index (χ1n) is 11.3. The van der Waals surface area contributed by atoms with Crippen molar-refractivity contribution in [3.05, 3.63) is 65.2 Å². The molecule has 1 aliphatic rings. The Morgan fingerprint density at radius 3 is 2.59 bits per heavy atom. The Morgan fingerprint density at radius 2 is 1.91 bits per heavy atom. The number of nitrogens with two attached hydrogens (primary N) is 1. The lowest BCUT2D eigenvalue weighted by Crippen LogP contribution is -2.48. The number of alkyl halides is 3. The molecule has 0 saturated heterocycles. The van der Waals surface area contributed by atoms with Gasteiger partial charge in [-0.25, -0.2) is 4.99 Å². The molecule has 2 amide bonds. The summed E-state index contributed by atoms with van der Waals surface area (Å²) in [5, 5.41) is 2.68. The number of unbranched alkanes of at least 4 members (excludes halogenated alkanes) is 2. The van der Waals surface area contributed by atoms with Crippen molar-refractivity contribution < 1.29 is 22.8 Å². The van der Waals surface area contributed by atoms with E-state index < -0.39 is 35.6 Å². The topological polar surface area (TPSA) is 87.8 Å². The summed E-state index contributed by atoms with van der Waals surface area (Å²) >= 11 is 0. The smallest absolute Gasteiger partial charge is 0.330 e.